The molecule has 0 saturated carbocycles. The van der Waals surface area contributed by atoms with Crippen molar-refractivity contribution in [2.24, 2.45) is 4.99 Å². The van der Waals surface area contributed by atoms with Gasteiger partial charge in [-0.1, -0.05) is 6.92 Å². The molecular weight excluding hydrogens is 443 g/mol. The Balaban J connectivity index is 0.00000338. The molecule has 0 radical (unpaired) electrons. The first-order chi connectivity index (χ1) is 12.0. The van der Waals surface area contributed by atoms with Crippen LogP contribution in [0.15, 0.2) is 27.8 Å². The number of furan rings is 1. The van der Waals surface area contributed by atoms with Crippen molar-refractivity contribution in [2.45, 2.75) is 51.7 Å². The number of hydrogen-bond donors (Lipinski definition) is 2. The normalized spacial score (nSPS) is 18.6. The fraction of sp³-hybridized carbons (Fsp3) is 0.737. The van der Waals surface area contributed by atoms with E-state index in [1.54, 1.807) is 13.4 Å². The molecule has 1 fully saturated rings. The molecule has 1 aromatic heterocycles. The van der Waals surface area contributed by atoms with E-state index in [-0.39, 0.29) is 29.6 Å². The minimum atomic E-state index is -0.265. The maximum absolute atomic E-state index is 5.48. The summed E-state index contributed by atoms with van der Waals surface area (Å²) in [7, 11) is 1.73. The van der Waals surface area contributed by atoms with Crippen molar-refractivity contribution < 1.29 is 9.15 Å². The molecule has 150 valence electrons. The Morgan fingerprint density at radius 3 is 2.88 bits per heavy atom. The predicted molar refractivity (Wildman–Crippen MR) is 117 cm³/mol. The number of likely N-dealkylation sites (tertiary alicyclic amines) is 1. The first-order valence-electron chi connectivity index (χ1n) is 9.38. The molecule has 2 heterocycles. The van der Waals surface area contributed by atoms with Crippen molar-refractivity contribution in [2.75, 3.05) is 39.8 Å². The average molecular weight is 478 g/mol. The van der Waals surface area contributed by atoms with Crippen LogP contribution in [0.5, 0.6) is 0 Å². The molecule has 2 N–H and O–H groups in total. The first-order valence-corrected chi connectivity index (χ1v) is 9.38. The number of nitrogens with one attached hydrogen (secondary N) is 2. The van der Waals surface area contributed by atoms with Crippen molar-refractivity contribution in [1.29, 1.82) is 0 Å². The Morgan fingerprint density at radius 2 is 2.23 bits per heavy atom. The number of nitrogens with zero attached hydrogens (tertiary/aromatic N) is 2. The van der Waals surface area contributed by atoms with Crippen LogP contribution in [0.25, 0.3) is 0 Å². The zero-order valence-electron chi connectivity index (χ0n) is 16.6. The summed E-state index contributed by atoms with van der Waals surface area (Å²) in [5.41, 5.74) is -0.265. The van der Waals surface area contributed by atoms with Gasteiger partial charge in [-0.05, 0) is 51.9 Å². The van der Waals surface area contributed by atoms with E-state index >= 15 is 0 Å². The highest BCUT2D eigenvalue weighted by molar-refractivity contribution is 14.0. The van der Waals surface area contributed by atoms with Crippen molar-refractivity contribution in [3.8, 4) is 0 Å². The number of likely N-dealkylation sites (N-methyl/N-ethyl adjacent to an activating group) is 1. The summed E-state index contributed by atoms with van der Waals surface area (Å²) in [6, 6.07) is 4.51. The van der Waals surface area contributed by atoms with Crippen LogP contribution < -0.4 is 10.6 Å². The monoisotopic (exact) mass is 478 g/mol. The summed E-state index contributed by atoms with van der Waals surface area (Å²) < 4.78 is 10.9. The second-order valence-electron chi connectivity index (χ2n) is 7.19. The zero-order valence-corrected chi connectivity index (χ0v) is 18.9. The molecule has 1 aliphatic rings. The highest BCUT2D eigenvalue weighted by Crippen LogP contribution is 2.15. The smallest absolute Gasteiger partial charge is 0.191 e. The van der Waals surface area contributed by atoms with Crippen LogP contribution in [0.4, 0.5) is 0 Å². The Labute approximate surface area is 175 Å². The average Bonchev–Trinajstić information content (AvgIpc) is 3.28. The number of ether oxygens (including phenoxy) is 1. The molecule has 7 heteroatoms. The molecule has 1 aromatic rings. The third kappa shape index (κ3) is 7.84. The molecule has 0 bridgehead atoms. The lowest BCUT2D eigenvalue weighted by molar-refractivity contribution is 0.0310. The van der Waals surface area contributed by atoms with E-state index in [1.807, 2.05) is 26.0 Å². The lowest BCUT2D eigenvalue weighted by atomic mass is 10.1. The van der Waals surface area contributed by atoms with Gasteiger partial charge in [0, 0.05) is 32.7 Å². The van der Waals surface area contributed by atoms with Gasteiger partial charge in [-0.2, -0.15) is 0 Å². The van der Waals surface area contributed by atoms with E-state index in [2.05, 4.69) is 22.5 Å². The van der Waals surface area contributed by atoms with Crippen molar-refractivity contribution >= 4 is 29.9 Å². The van der Waals surface area contributed by atoms with Gasteiger partial charge in [-0.25, -0.2) is 0 Å². The molecule has 6 nitrogen and oxygen atoms in total. The SMILES string of the molecule is CCN1CCCC1CNC(=NCC(C)(C)OC)NCCc1ccco1.I. The lowest BCUT2D eigenvalue weighted by Gasteiger charge is -2.25. The van der Waals surface area contributed by atoms with Gasteiger partial charge < -0.3 is 19.8 Å². The maximum atomic E-state index is 5.48. The van der Waals surface area contributed by atoms with Crippen LogP contribution >= 0.6 is 24.0 Å². The molecular formula is C19H35IN4O2. The predicted octanol–water partition coefficient (Wildman–Crippen LogP) is 2.88. The summed E-state index contributed by atoms with van der Waals surface area (Å²) >= 11 is 0. The van der Waals surface area contributed by atoms with Gasteiger partial charge in [0.1, 0.15) is 5.76 Å². The highest BCUT2D eigenvalue weighted by Gasteiger charge is 2.23. The molecule has 2 rings (SSSR count). The van der Waals surface area contributed by atoms with Crippen molar-refractivity contribution in [3.63, 3.8) is 0 Å². The van der Waals surface area contributed by atoms with Crippen LogP contribution in [0.2, 0.25) is 0 Å². The molecule has 26 heavy (non-hydrogen) atoms. The molecule has 0 aromatic carbocycles. The third-order valence-electron chi connectivity index (χ3n) is 4.82. The van der Waals surface area contributed by atoms with Crippen LogP contribution in [-0.2, 0) is 11.2 Å². The Morgan fingerprint density at radius 1 is 1.42 bits per heavy atom. The molecule has 1 unspecified atom stereocenters. The number of halogens is 1. The number of rotatable bonds is 9. The van der Waals surface area contributed by atoms with E-state index in [0.29, 0.717) is 12.6 Å². The Bertz CT molecular complexity index is 520. The van der Waals surface area contributed by atoms with E-state index in [9.17, 15) is 0 Å². The van der Waals surface area contributed by atoms with Crippen LogP contribution in [0, 0.1) is 0 Å². The fourth-order valence-electron chi connectivity index (χ4n) is 3.02. The molecule has 0 spiro atoms. The Kier molecular flexibility index (Phi) is 10.6. The Hall–Kier alpha value is -0.800. The van der Waals surface area contributed by atoms with Crippen LogP contribution in [0.3, 0.4) is 0 Å². The number of methoxy groups -OCH3 is 1. The van der Waals surface area contributed by atoms with Gasteiger partial charge in [0.15, 0.2) is 5.96 Å². The van der Waals surface area contributed by atoms with Crippen LogP contribution in [-0.4, -0.2) is 62.3 Å². The van der Waals surface area contributed by atoms with Gasteiger partial charge in [-0.15, -0.1) is 24.0 Å². The summed E-state index contributed by atoms with van der Waals surface area (Å²) in [6.45, 7) is 11.0. The summed E-state index contributed by atoms with van der Waals surface area (Å²) in [5.74, 6) is 1.83. The number of aliphatic imine (C=N–C) groups is 1. The molecule has 1 aliphatic heterocycles. The maximum Gasteiger partial charge on any atom is 0.191 e. The lowest BCUT2D eigenvalue weighted by Crippen LogP contribution is -2.46. The quantitative estimate of drug-likeness (QED) is 0.325. The number of guanidine groups is 1. The summed E-state index contributed by atoms with van der Waals surface area (Å²) in [6.07, 6.45) is 5.09. The minimum Gasteiger partial charge on any atom is -0.469 e. The van der Waals surface area contributed by atoms with E-state index < -0.39 is 0 Å². The minimum absolute atomic E-state index is 0. The highest BCUT2D eigenvalue weighted by atomic mass is 127. The number of hydrogen-bond acceptors (Lipinski definition) is 4. The summed E-state index contributed by atoms with van der Waals surface area (Å²) in [5, 5.41) is 6.93. The molecule has 1 saturated heterocycles. The van der Waals surface area contributed by atoms with E-state index in [4.69, 9.17) is 14.1 Å². The van der Waals surface area contributed by atoms with Gasteiger partial charge in [0.2, 0.25) is 0 Å². The standard InChI is InChI=1S/C19H34N4O2.HI/c1-5-23-12-6-8-16(23)14-21-18(22-15-19(2,3)24-4)20-11-10-17-9-7-13-25-17;/h7,9,13,16H,5-6,8,10-12,14-15H2,1-4H3,(H2,20,21,22);1H. The molecule has 0 aliphatic carbocycles. The largest absolute Gasteiger partial charge is 0.469 e. The second kappa shape index (κ2) is 11.8. The fourth-order valence-corrected chi connectivity index (χ4v) is 3.02. The van der Waals surface area contributed by atoms with E-state index in [0.717, 1.165) is 37.8 Å². The van der Waals surface area contributed by atoms with Gasteiger partial charge >= 0.3 is 0 Å². The topological polar surface area (TPSA) is 62.0 Å². The molecule has 0 amide bonds. The first kappa shape index (κ1) is 23.2. The van der Waals surface area contributed by atoms with Crippen LogP contribution in [0.1, 0.15) is 39.4 Å². The van der Waals surface area contributed by atoms with Crippen molar-refractivity contribution in [3.05, 3.63) is 24.2 Å². The van der Waals surface area contributed by atoms with Crippen molar-refractivity contribution in [1.82, 2.24) is 15.5 Å². The van der Waals surface area contributed by atoms with E-state index in [1.165, 1.54) is 19.4 Å². The molecule has 1 atom stereocenters. The van der Waals surface area contributed by atoms with Gasteiger partial charge in [-0.3, -0.25) is 9.89 Å². The second-order valence-corrected chi connectivity index (χ2v) is 7.19. The third-order valence-corrected chi connectivity index (χ3v) is 4.82. The van der Waals surface area contributed by atoms with Gasteiger partial charge in [0.25, 0.3) is 0 Å². The van der Waals surface area contributed by atoms with Gasteiger partial charge in [0.05, 0.1) is 18.4 Å². The zero-order chi connectivity index (χ0) is 18.1. The summed E-state index contributed by atoms with van der Waals surface area (Å²) in [4.78, 5) is 7.25.